The van der Waals surface area contributed by atoms with Crippen LogP contribution in [0.2, 0.25) is 0 Å². The van der Waals surface area contributed by atoms with Gasteiger partial charge in [-0.05, 0) is 42.2 Å². The van der Waals surface area contributed by atoms with Crippen LogP contribution in [-0.2, 0) is 6.54 Å². The lowest BCUT2D eigenvalue weighted by molar-refractivity contribution is 0.0943. The zero-order valence-electron chi connectivity index (χ0n) is 15.1. The second-order valence-corrected chi connectivity index (χ2v) is 6.35. The molecule has 0 aliphatic carbocycles. The molecule has 0 spiro atoms. The predicted molar refractivity (Wildman–Crippen MR) is 100 cm³/mol. The minimum atomic E-state index is -0.277. The molecule has 0 aliphatic heterocycles. The second kappa shape index (κ2) is 7.82. The quantitative estimate of drug-likeness (QED) is 0.697. The van der Waals surface area contributed by atoms with E-state index in [0.717, 1.165) is 11.3 Å². The van der Waals surface area contributed by atoms with Crippen LogP contribution in [-0.4, -0.2) is 15.9 Å². The Morgan fingerprint density at radius 2 is 2.04 bits per heavy atom. The summed E-state index contributed by atoms with van der Waals surface area (Å²) < 4.78 is 5.21. The number of nitrogens with one attached hydrogen (secondary N) is 2. The van der Waals surface area contributed by atoms with Crippen molar-refractivity contribution in [3.8, 4) is 0 Å². The number of carbonyl (C=O) groups is 1. The van der Waals surface area contributed by atoms with E-state index in [4.69, 9.17) is 4.42 Å². The number of para-hydroxylation sites is 1. The summed E-state index contributed by atoms with van der Waals surface area (Å²) in [7, 11) is 0. The highest BCUT2D eigenvalue weighted by Crippen LogP contribution is 2.29. The lowest BCUT2D eigenvalue weighted by Crippen LogP contribution is -2.24. The molecule has 2 aromatic heterocycles. The first kappa shape index (κ1) is 17.7. The van der Waals surface area contributed by atoms with Gasteiger partial charge in [0.2, 0.25) is 5.95 Å². The second-order valence-electron chi connectivity index (χ2n) is 6.35. The van der Waals surface area contributed by atoms with Gasteiger partial charge in [0.25, 0.3) is 5.91 Å². The van der Waals surface area contributed by atoms with Crippen molar-refractivity contribution in [1.82, 2.24) is 15.3 Å². The number of aromatic nitrogens is 2. The summed E-state index contributed by atoms with van der Waals surface area (Å²) in [5.41, 5.74) is 3.57. The fourth-order valence-electron chi connectivity index (χ4n) is 2.67. The molecular weight excluding hydrogens is 328 g/mol. The van der Waals surface area contributed by atoms with Crippen molar-refractivity contribution < 1.29 is 9.21 Å². The molecule has 1 amide bonds. The number of rotatable bonds is 6. The van der Waals surface area contributed by atoms with E-state index in [1.54, 1.807) is 30.7 Å². The van der Waals surface area contributed by atoms with Gasteiger partial charge >= 0.3 is 0 Å². The average molecular weight is 350 g/mol. The first-order valence-corrected chi connectivity index (χ1v) is 8.54. The van der Waals surface area contributed by atoms with E-state index in [1.165, 1.54) is 5.56 Å². The summed E-state index contributed by atoms with van der Waals surface area (Å²) in [6.07, 6.45) is 3.15. The lowest BCUT2D eigenvalue weighted by atomic mass is 9.98. The fourth-order valence-corrected chi connectivity index (χ4v) is 2.67. The number of nitrogens with zero attached hydrogens (tertiary/aromatic N) is 2. The maximum Gasteiger partial charge on any atom is 0.270 e. The maximum atomic E-state index is 12.3. The topological polar surface area (TPSA) is 80.0 Å². The van der Waals surface area contributed by atoms with E-state index in [9.17, 15) is 4.79 Å². The maximum absolute atomic E-state index is 12.3. The van der Waals surface area contributed by atoms with Gasteiger partial charge in [0, 0.05) is 11.9 Å². The smallest absolute Gasteiger partial charge is 0.270 e. The summed E-state index contributed by atoms with van der Waals surface area (Å²) in [5, 5.41) is 6.05. The highest BCUT2D eigenvalue weighted by Gasteiger charge is 2.13. The van der Waals surface area contributed by atoms with Crippen molar-refractivity contribution >= 4 is 17.5 Å². The summed E-state index contributed by atoms with van der Waals surface area (Å²) >= 11 is 0. The minimum Gasteiger partial charge on any atom is -0.467 e. The molecule has 6 nitrogen and oxygen atoms in total. The van der Waals surface area contributed by atoms with E-state index >= 15 is 0 Å². The molecule has 26 heavy (non-hydrogen) atoms. The van der Waals surface area contributed by atoms with Crippen molar-refractivity contribution in [3.63, 3.8) is 0 Å². The van der Waals surface area contributed by atoms with E-state index in [2.05, 4.69) is 40.5 Å². The van der Waals surface area contributed by atoms with Gasteiger partial charge in [-0.25, -0.2) is 9.97 Å². The molecule has 0 radical (unpaired) electrons. The zero-order chi connectivity index (χ0) is 18.5. The standard InChI is InChI=1S/C20H22N4O2/c1-13(2)16-8-4-6-14(3)18(16)24-20-21-10-9-17(23-20)19(25)22-12-15-7-5-11-26-15/h4-11,13H,12H2,1-3H3,(H,22,25)(H,21,23,24). The van der Waals surface area contributed by atoms with Crippen LogP contribution in [0.1, 0.15) is 47.1 Å². The molecular formula is C20H22N4O2. The summed E-state index contributed by atoms with van der Waals surface area (Å²) in [6.45, 7) is 6.63. The molecule has 3 rings (SSSR count). The van der Waals surface area contributed by atoms with Crippen molar-refractivity contribution in [1.29, 1.82) is 0 Å². The highest BCUT2D eigenvalue weighted by molar-refractivity contribution is 5.92. The predicted octanol–water partition coefficient (Wildman–Crippen LogP) is 4.18. The number of amides is 1. The molecule has 0 aliphatic rings. The first-order valence-electron chi connectivity index (χ1n) is 8.54. The van der Waals surface area contributed by atoms with E-state index < -0.39 is 0 Å². The van der Waals surface area contributed by atoms with Crippen LogP contribution in [0, 0.1) is 6.92 Å². The highest BCUT2D eigenvalue weighted by atomic mass is 16.3. The Morgan fingerprint density at radius 3 is 2.77 bits per heavy atom. The van der Waals surface area contributed by atoms with Crippen LogP contribution in [0.3, 0.4) is 0 Å². The Labute approximate surface area is 152 Å². The molecule has 0 saturated heterocycles. The molecule has 1 aromatic carbocycles. The van der Waals surface area contributed by atoms with Gasteiger partial charge in [0.1, 0.15) is 11.5 Å². The van der Waals surface area contributed by atoms with Crippen LogP contribution in [0.5, 0.6) is 0 Å². The minimum absolute atomic E-state index is 0.277. The van der Waals surface area contributed by atoms with Gasteiger partial charge < -0.3 is 15.1 Å². The Morgan fingerprint density at radius 1 is 1.19 bits per heavy atom. The number of aryl methyl sites for hydroxylation is 1. The summed E-state index contributed by atoms with van der Waals surface area (Å²) in [4.78, 5) is 20.9. The summed E-state index contributed by atoms with van der Waals surface area (Å²) in [5.74, 6) is 1.16. The van der Waals surface area contributed by atoms with Gasteiger partial charge in [-0.2, -0.15) is 0 Å². The van der Waals surface area contributed by atoms with E-state index in [-0.39, 0.29) is 5.91 Å². The third kappa shape index (κ3) is 4.08. The molecule has 0 unspecified atom stereocenters. The Bertz CT molecular complexity index is 889. The number of carbonyl (C=O) groups excluding carboxylic acids is 1. The van der Waals surface area contributed by atoms with Crippen LogP contribution in [0.15, 0.2) is 53.3 Å². The van der Waals surface area contributed by atoms with Crippen molar-refractivity contribution in [3.05, 3.63) is 71.4 Å². The normalized spacial score (nSPS) is 10.8. The molecule has 0 bridgehead atoms. The number of anilines is 2. The van der Waals surface area contributed by atoms with Crippen molar-refractivity contribution in [2.75, 3.05) is 5.32 Å². The van der Waals surface area contributed by atoms with Gasteiger partial charge in [-0.15, -0.1) is 0 Å². The number of furan rings is 1. The molecule has 134 valence electrons. The monoisotopic (exact) mass is 350 g/mol. The Balaban J connectivity index is 1.77. The van der Waals surface area contributed by atoms with Crippen LogP contribution in [0.25, 0.3) is 0 Å². The van der Waals surface area contributed by atoms with Gasteiger partial charge in [-0.3, -0.25) is 4.79 Å². The van der Waals surface area contributed by atoms with E-state index in [0.29, 0.717) is 29.9 Å². The average Bonchev–Trinajstić information content (AvgIpc) is 3.15. The van der Waals surface area contributed by atoms with Crippen LogP contribution in [0.4, 0.5) is 11.6 Å². The third-order valence-electron chi connectivity index (χ3n) is 4.06. The van der Waals surface area contributed by atoms with Gasteiger partial charge in [0.05, 0.1) is 12.8 Å². The fraction of sp³-hybridized carbons (Fsp3) is 0.250. The van der Waals surface area contributed by atoms with Crippen LogP contribution < -0.4 is 10.6 Å². The van der Waals surface area contributed by atoms with Crippen molar-refractivity contribution in [2.24, 2.45) is 0 Å². The molecule has 0 saturated carbocycles. The summed E-state index contributed by atoms with van der Waals surface area (Å²) in [6, 6.07) is 11.3. The third-order valence-corrected chi connectivity index (χ3v) is 4.06. The van der Waals surface area contributed by atoms with E-state index in [1.807, 2.05) is 19.1 Å². The van der Waals surface area contributed by atoms with Gasteiger partial charge in [0.15, 0.2) is 0 Å². The van der Waals surface area contributed by atoms with Crippen molar-refractivity contribution in [2.45, 2.75) is 33.2 Å². The molecule has 3 aromatic rings. The van der Waals surface area contributed by atoms with Gasteiger partial charge in [-0.1, -0.05) is 32.0 Å². The number of hydrogen-bond donors (Lipinski definition) is 2. The van der Waals surface area contributed by atoms with Crippen LogP contribution >= 0.6 is 0 Å². The molecule has 0 fully saturated rings. The Kier molecular flexibility index (Phi) is 5.31. The lowest BCUT2D eigenvalue weighted by Gasteiger charge is -2.16. The molecule has 2 heterocycles. The zero-order valence-corrected chi connectivity index (χ0v) is 15.1. The largest absolute Gasteiger partial charge is 0.467 e. The first-order chi connectivity index (χ1) is 12.5. The molecule has 2 N–H and O–H groups in total. The molecule has 0 atom stereocenters. The molecule has 6 heteroatoms. The SMILES string of the molecule is Cc1cccc(C(C)C)c1Nc1nccc(C(=O)NCc2ccco2)n1. The number of hydrogen-bond acceptors (Lipinski definition) is 5. The number of benzene rings is 1. The Hall–Kier alpha value is -3.15.